The number of carbonyl (C=O) groups is 4. The second-order valence-corrected chi connectivity index (χ2v) is 34.0. The minimum absolute atomic E-state index is 0.0892. The number of hydrogen-bond donors (Lipinski definition) is 0. The fourth-order valence-electron chi connectivity index (χ4n) is 12.0. The largest absolute Gasteiger partial charge is 0.455 e. The molecule has 16 nitrogen and oxygen atoms in total. The lowest BCUT2D eigenvalue weighted by Gasteiger charge is -2.22. The zero-order chi connectivity index (χ0) is 96.3. The van der Waals surface area contributed by atoms with Crippen molar-refractivity contribution < 1.29 is 110 Å². The molecule has 128 heavy (non-hydrogen) atoms. The number of esters is 4. The number of benzene rings is 8. The summed E-state index contributed by atoms with van der Waals surface area (Å²) in [5.74, 6) is -3.54. The van der Waals surface area contributed by atoms with Crippen molar-refractivity contribution in [1.29, 1.82) is 21.0 Å². The fourth-order valence-corrected chi connectivity index (χ4v) is 12.0. The van der Waals surface area contributed by atoms with Crippen LogP contribution in [0.1, 0.15) is 246 Å². The highest BCUT2D eigenvalue weighted by molar-refractivity contribution is 5.98. The average molecular weight is 1780 g/mol. The first kappa shape index (κ1) is 105. The molecule has 8 aromatic carbocycles. The minimum Gasteiger partial charge on any atom is -0.455 e. The number of halogens is 12. The molecule has 0 saturated heterocycles. The molecule has 0 fully saturated rings. The average Bonchev–Trinajstić information content (AvgIpc) is 0.799. The number of nitrogens with zero attached hydrogens (tertiary/aromatic N) is 4. The Bertz CT molecular complexity index is 5450. The molecular weight excluding hydrogens is 1680 g/mol. The second kappa shape index (κ2) is 45.4. The molecule has 0 radical (unpaired) electrons. The maximum atomic E-state index is 13.8. The summed E-state index contributed by atoms with van der Waals surface area (Å²) < 4.78 is 206. The van der Waals surface area contributed by atoms with E-state index in [-0.39, 0.29) is 102 Å². The van der Waals surface area contributed by atoms with Gasteiger partial charge in [-0.15, -0.1) is 0 Å². The number of carbonyl (C=O) groups excluding carboxylic acids is 4. The normalized spacial score (nSPS) is 13.0. The number of allylic oxidation sites excluding steroid dienone is 4. The first-order valence-corrected chi connectivity index (χ1v) is 40.4. The van der Waals surface area contributed by atoms with E-state index in [1.54, 1.807) is 83.1 Å². The standard InChI is InChI=1S/2C26H28F3NO3.C25H26F3NO3.C23H22F3NO3/c1-24(2,3)18-13-11-17(12-14-18)20(15-30)22(32-16-33-23(31)25(4,5)6)19-9-7-8-10-21(19)26(27,28)29;1-6-9-23(31)32-17(2)33-24(20-10-7-8-11-22(20)26(27,28)29)21(16-30)18-12-14-19(15-13-18)25(3,4)5;1-5-8-22(30)31-16-32-23(19-9-6-7-10-21(19)25(26,27)28)20(15-29)17-11-13-18(14-12-17)24(2,3)4;1-15(28)29-14-30-21(18-7-5-6-8-20(18)23(24,25)26)19(13-27)16-9-11-17(12-10-16)22(2,3)4/h7-14H,16H2,1-6H3;7-8,10-15,17H,6,9H2,1-5H3;6-7,9-14H,5,8,16H2,1-4H3;5-12H,14H2,1-4H3. The van der Waals surface area contributed by atoms with Gasteiger partial charge in [-0.2, -0.15) is 73.7 Å². The molecule has 1 unspecified atom stereocenters. The van der Waals surface area contributed by atoms with Crippen LogP contribution in [0.15, 0.2) is 194 Å². The summed E-state index contributed by atoms with van der Waals surface area (Å²) in [6.45, 7) is 33.5. The molecule has 0 saturated carbocycles. The van der Waals surface area contributed by atoms with Gasteiger partial charge in [-0.3, -0.25) is 19.2 Å². The van der Waals surface area contributed by atoms with Crippen molar-refractivity contribution in [2.45, 2.75) is 210 Å². The molecule has 0 aromatic heterocycles. The third-order valence-corrected chi connectivity index (χ3v) is 18.8. The molecular formula is C100H104F12N4O12. The molecule has 0 N–H and O–H groups in total. The summed E-state index contributed by atoms with van der Waals surface area (Å²) in [7, 11) is 0. The van der Waals surface area contributed by atoms with Crippen molar-refractivity contribution in [1.82, 2.24) is 0 Å². The molecule has 0 amide bonds. The van der Waals surface area contributed by atoms with E-state index >= 15 is 0 Å². The number of alkyl halides is 12. The number of hydrogen-bond acceptors (Lipinski definition) is 16. The van der Waals surface area contributed by atoms with Crippen LogP contribution in [-0.4, -0.2) is 50.5 Å². The van der Waals surface area contributed by atoms with Gasteiger partial charge in [0, 0.05) is 48.9 Å². The Labute approximate surface area is 739 Å². The third-order valence-electron chi connectivity index (χ3n) is 18.8. The Balaban J connectivity index is 0.000000303. The number of ether oxygens (including phenoxy) is 8. The summed E-state index contributed by atoms with van der Waals surface area (Å²) in [5.41, 5.74) is -1.22. The van der Waals surface area contributed by atoms with E-state index < -0.39 is 103 Å². The lowest BCUT2D eigenvalue weighted by atomic mass is 9.86. The van der Waals surface area contributed by atoms with Crippen molar-refractivity contribution in [3.63, 3.8) is 0 Å². The van der Waals surface area contributed by atoms with Crippen LogP contribution >= 0.6 is 0 Å². The molecule has 28 heteroatoms. The number of rotatable bonds is 24. The molecule has 8 aromatic rings. The van der Waals surface area contributed by atoms with Gasteiger partial charge < -0.3 is 37.9 Å². The maximum Gasteiger partial charge on any atom is 0.417 e. The van der Waals surface area contributed by atoms with Gasteiger partial charge in [0.2, 0.25) is 26.7 Å². The fraction of sp³-hybridized carbons (Fsp3) is 0.360. The van der Waals surface area contributed by atoms with E-state index in [1.165, 1.54) is 79.7 Å². The quantitative estimate of drug-likeness (QED) is 0.0104. The molecule has 0 aliphatic carbocycles. The third kappa shape index (κ3) is 31.2. The highest BCUT2D eigenvalue weighted by Crippen LogP contribution is 2.44. The minimum atomic E-state index is -4.68. The Kier molecular flexibility index (Phi) is 37.4. The summed E-state index contributed by atoms with van der Waals surface area (Å²) in [6.07, 6.45) is -18.5. The van der Waals surface area contributed by atoms with Gasteiger partial charge in [-0.05, 0) is 124 Å². The van der Waals surface area contributed by atoms with Crippen LogP contribution in [0, 0.1) is 50.7 Å². The van der Waals surface area contributed by atoms with E-state index in [0.717, 1.165) is 53.4 Å². The van der Waals surface area contributed by atoms with Crippen molar-refractivity contribution >= 4 is 69.2 Å². The Morgan fingerprint density at radius 3 is 0.781 bits per heavy atom. The van der Waals surface area contributed by atoms with Crippen molar-refractivity contribution in [3.8, 4) is 24.3 Å². The predicted octanol–water partition coefficient (Wildman–Crippen LogP) is 26.7. The van der Waals surface area contributed by atoms with Gasteiger partial charge in [-0.25, -0.2) is 0 Å². The molecule has 0 spiro atoms. The molecule has 0 bridgehead atoms. The van der Waals surface area contributed by atoms with E-state index in [4.69, 9.17) is 37.9 Å². The van der Waals surface area contributed by atoms with Crippen LogP contribution in [0.25, 0.3) is 45.3 Å². The summed E-state index contributed by atoms with van der Waals surface area (Å²) in [6, 6.07) is 55.0. The van der Waals surface area contributed by atoms with Crippen LogP contribution in [0.4, 0.5) is 52.7 Å². The highest BCUT2D eigenvalue weighted by Gasteiger charge is 2.40. The Hall–Kier alpha value is -13.1. The summed E-state index contributed by atoms with van der Waals surface area (Å²) in [5, 5.41) is 39.4. The van der Waals surface area contributed by atoms with E-state index in [9.17, 15) is 92.9 Å². The van der Waals surface area contributed by atoms with E-state index in [0.29, 0.717) is 35.1 Å². The highest BCUT2D eigenvalue weighted by atomic mass is 19.4. The zero-order valence-corrected chi connectivity index (χ0v) is 74.7. The molecule has 680 valence electrons. The molecule has 0 heterocycles. The van der Waals surface area contributed by atoms with Crippen LogP contribution in [0.2, 0.25) is 0 Å². The predicted molar refractivity (Wildman–Crippen MR) is 464 cm³/mol. The summed E-state index contributed by atoms with van der Waals surface area (Å²) in [4.78, 5) is 46.7. The van der Waals surface area contributed by atoms with Gasteiger partial charge in [0.15, 0.2) is 0 Å². The van der Waals surface area contributed by atoms with Gasteiger partial charge in [0.1, 0.15) is 69.6 Å². The monoisotopic (exact) mass is 1780 g/mol. The first-order chi connectivity index (χ1) is 59.5. The van der Waals surface area contributed by atoms with Gasteiger partial charge >= 0.3 is 48.6 Å². The zero-order valence-electron chi connectivity index (χ0n) is 74.7. The van der Waals surface area contributed by atoms with Crippen molar-refractivity contribution in [2.24, 2.45) is 5.41 Å². The molecule has 8 rings (SSSR count). The van der Waals surface area contributed by atoms with Gasteiger partial charge in [0.25, 0.3) is 0 Å². The van der Waals surface area contributed by atoms with Crippen LogP contribution in [0.5, 0.6) is 0 Å². The Morgan fingerprint density at radius 1 is 0.312 bits per heavy atom. The molecule has 1 atom stereocenters. The van der Waals surface area contributed by atoms with E-state index in [1.807, 2.05) is 156 Å². The van der Waals surface area contributed by atoms with Gasteiger partial charge in [0.05, 0.1) is 27.7 Å². The second-order valence-electron chi connectivity index (χ2n) is 34.0. The first-order valence-electron chi connectivity index (χ1n) is 40.4. The maximum absolute atomic E-state index is 13.8. The lowest BCUT2D eigenvalue weighted by molar-refractivity contribution is -0.164. The molecule has 0 aliphatic rings. The topological polar surface area (TPSA) is 237 Å². The smallest absolute Gasteiger partial charge is 0.417 e. The van der Waals surface area contributed by atoms with Crippen LogP contribution < -0.4 is 0 Å². The van der Waals surface area contributed by atoms with Crippen LogP contribution in [0.3, 0.4) is 0 Å². The van der Waals surface area contributed by atoms with Crippen LogP contribution in [-0.2, 0) is 103 Å². The number of nitriles is 4. The molecule has 0 aliphatic heterocycles. The summed E-state index contributed by atoms with van der Waals surface area (Å²) >= 11 is 0. The Morgan fingerprint density at radius 2 is 0.547 bits per heavy atom. The van der Waals surface area contributed by atoms with E-state index in [2.05, 4.69) is 0 Å². The van der Waals surface area contributed by atoms with Crippen molar-refractivity contribution in [3.05, 3.63) is 283 Å². The van der Waals surface area contributed by atoms with Crippen molar-refractivity contribution in [2.75, 3.05) is 20.4 Å². The van der Waals surface area contributed by atoms with Gasteiger partial charge in [-0.1, -0.05) is 267 Å². The SMILES string of the molecule is CC(=O)OCOC(=C(C#N)c1ccc(C(C)(C)C)cc1)c1ccccc1C(F)(F)F.CC(C)(C)C(=O)OCOC(=C(C#N)c1ccc(C(C)(C)C)cc1)c1ccccc1C(F)(F)F.CCCC(=O)OC(C)OC(=C(C#N)c1ccc(C(C)(C)C)cc1)c1ccccc1C(F)(F)F.CCCC(=O)OCOC(=C(C#N)c1ccc(C(C)(C)C)cc1)c1ccccc1C(F)(F)F. The lowest BCUT2D eigenvalue weighted by Crippen LogP contribution is -2.24.